The molecule has 1 unspecified atom stereocenters. The molecule has 19 heavy (non-hydrogen) atoms. The fraction of sp³-hybridized carbons (Fsp3) is 0.600. The molecule has 0 amide bonds. The predicted octanol–water partition coefficient (Wildman–Crippen LogP) is -0.0735. The minimum absolute atomic E-state index is 0.00326. The van der Waals surface area contributed by atoms with Gasteiger partial charge in [-0.2, -0.15) is 0 Å². The third-order valence-electron chi connectivity index (χ3n) is 3.13. The number of nitrogens with zero attached hydrogens (tertiary/aromatic N) is 4. The van der Waals surface area contributed by atoms with E-state index in [9.17, 15) is 20.0 Å². The molecule has 9 heteroatoms. The van der Waals surface area contributed by atoms with Crippen LogP contribution in [0.4, 0.5) is 11.6 Å². The van der Waals surface area contributed by atoms with Gasteiger partial charge in [0.05, 0.1) is 13.2 Å². The molecule has 0 radical (unpaired) electrons. The number of hydrogen-bond donors (Lipinski definition) is 1. The molecule has 0 aromatic carbocycles. The largest absolute Gasteiger partial charge is 0.480 e. The number of ether oxygens (including phenoxy) is 1. The summed E-state index contributed by atoms with van der Waals surface area (Å²) >= 11 is 0. The summed E-state index contributed by atoms with van der Waals surface area (Å²) in [5.41, 5.74) is 0. The topological polar surface area (TPSA) is 111 Å². The Morgan fingerprint density at radius 2 is 2.32 bits per heavy atom. The highest BCUT2D eigenvalue weighted by Crippen LogP contribution is 2.30. The Morgan fingerprint density at radius 3 is 2.89 bits per heavy atom. The van der Waals surface area contributed by atoms with E-state index < -0.39 is 16.9 Å². The third kappa shape index (κ3) is 2.24. The molecule has 0 saturated carbocycles. The smallest absolute Gasteiger partial charge is 0.406 e. The second-order valence-corrected chi connectivity index (χ2v) is 4.24. The number of imidazole rings is 1. The van der Waals surface area contributed by atoms with Crippen molar-refractivity contribution in [2.45, 2.75) is 13.0 Å². The Morgan fingerprint density at radius 1 is 1.63 bits per heavy atom. The maximum Gasteiger partial charge on any atom is 0.406 e. The van der Waals surface area contributed by atoms with Crippen LogP contribution in [0.5, 0.6) is 0 Å². The van der Waals surface area contributed by atoms with Crippen LogP contribution in [0.2, 0.25) is 0 Å². The van der Waals surface area contributed by atoms with Crippen molar-refractivity contribution >= 4 is 17.6 Å². The van der Waals surface area contributed by atoms with Gasteiger partial charge in [-0.05, 0) is 9.91 Å². The Bertz CT molecular complexity index is 526. The molecular formula is C10H14N4O5. The highest BCUT2D eigenvalue weighted by molar-refractivity contribution is 5.79. The minimum Gasteiger partial charge on any atom is -0.480 e. The summed E-state index contributed by atoms with van der Waals surface area (Å²) in [7, 11) is 1.62. The van der Waals surface area contributed by atoms with Crippen LogP contribution in [0, 0.1) is 17.0 Å². The number of carbonyl (C=O) groups is 1. The summed E-state index contributed by atoms with van der Waals surface area (Å²) in [5.74, 6) is -0.739. The SMILES string of the molecule is Cc1nc([N+](=O)[O-])c(N2CCOCC2C(=O)O)n1C. The van der Waals surface area contributed by atoms with E-state index in [-0.39, 0.29) is 24.8 Å². The second-order valence-electron chi connectivity index (χ2n) is 4.24. The zero-order chi connectivity index (χ0) is 14.2. The maximum absolute atomic E-state index is 11.2. The van der Waals surface area contributed by atoms with Gasteiger partial charge in [0.25, 0.3) is 0 Å². The van der Waals surface area contributed by atoms with E-state index in [0.717, 1.165) is 0 Å². The zero-order valence-corrected chi connectivity index (χ0v) is 10.6. The van der Waals surface area contributed by atoms with Gasteiger partial charge in [-0.1, -0.05) is 0 Å². The van der Waals surface area contributed by atoms with Gasteiger partial charge in [0.2, 0.25) is 11.6 Å². The normalized spacial score (nSPS) is 19.5. The van der Waals surface area contributed by atoms with Crippen LogP contribution in [-0.2, 0) is 16.6 Å². The zero-order valence-electron chi connectivity index (χ0n) is 10.6. The van der Waals surface area contributed by atoms with Gasteiger partial charge in [-0.3, -0.25) is 4.57 Å². The van der Waals surface area contributed by atoms with E-state index in [1.54, 1.807) is 14.0 Å². The van der Waals surface area contributed by atoms with Gasteiger partial charge < -0.3 is 24.9 Å². The monoisotopic (exact) mass is 270 g/mol. The minimum atomic E-state index is -1.08. The van der Waals surface area contributed by atoms with Crippen LogP contribution < -0.4 is 4.90 Å². The van der Waals surface area contributed by atoms with E-state index in [2.05, 4.69) is 4.98 Å². The summed E-state index contributed by atoms with van der Waals surface area (Å²) in [6, 6.07) is -0.942. The summed E-state index contributed by atoms with van der Waals surface area (Å²) in [5, 5.41) is 20.2. The summed E-state index contributed by atoms with van der Waals surface area (Å²) < 4.78 is 6.65. The van der Waals surface area contributed by atoms with Crippen LogP contribution in [0.15, 0.2) is 0 Å². The number of rotatable bonds is 3. The van der Waals surface area contributed by atoms with Gasteiger partial charge in [0, 0.05) is 20.5 Å². The number of morpholine rings is 1. The molecule has 2 rings (SSSR count). The standard InChI is InChI=1S/C10H14N4O5/c1-6-11-8(14(17)18)9(12(6)2)13-3-4-19-5-7(13)10(15)16/h7H,3-5H2,1-2H3,(H,15,16). The first kappa shape index (κ1) is 13.3. The van der Waals surface area contributed by atoms with Crippen molar-refractivity contribution < 1.29 is 19.6 Å². The molecule has 1 fully saturated rings. The van der Waals surface area contributed by atoms with Crippen molar-refractivity contribution in [2.75, 3.05) is 24.7 Å². The first-order chi connectivity index (χ1) is 8.93. The van der Waals surface area contributed by atoms with Crippen LogP contribution >= 0.6 is 0 Å². The molecular weight excluding hydrogens is 256 g/mol. The number of aryl methyl sites for hydroxylation is 1. The van der Waals surface area contributed by atoms with E-state index in [4.69, 9.17) is 4.74 Å². The molecule has 0 spiro atoms. The summed E-state index contributed by atoms with van der Waals surface area (Å²) in [6.07, 6.45) is 0. The molecule has 9 nitrogen and oxygen atoms in total. The number of carboxylic acid groups (broad SMARTS) is 1. The van der Waals surface area contributed by atoms with Crippen LogP contribution in [0.3, 0.4) is 0 Å². The molecule has 1 atom stereocenters. The molecule has 0 bridgehead atoms. The Labute approximate surface area is 108 Å². The number of aromatic nitrogens is 2. The van der Waals surface area contributed by atoms with E-state index in [0.29, 0.717) is 12.4 Å². The lowest BCUT2D eigenvalue weighted by atomic mass is 10.2. The van der Waals surface area contributed by atoms with Crippen molar-refractivity contribution in [3.63, 3.8) is 0 Å². The van der Waals surface area contributed by atoms with Gasteiger partial charge in [0.1, 0.15) is 0 Å². The molecule has 1 aliphatic heterocycles. The van der Waals surface area contributed by atoms with Crippen molar-refractivity contribution in [1.82, 2.24) is 9.55 Å². The Kier molecular flexibility index (Phi) is 3.38. The Hall–Kier alpha value is -2.16. The van der Waals surface area contributed by atoms with Gasteiger partial charge in [0.15, 0.2) is 6.04 Å². The fourth-order valence-corrected chi connectivity index (χ4v) is 2.09. The first-order valence-electron chi connectivity index (χ1n) is 5.68. The van der Waals surface area contributed by atoms with Crippen molar-refractivity contribution in [3.05, 3.63) is 15.9 Å². The van der Waals surface area contributed by atoms with Crippen LogP contribution in [0.1, 0.15) is 5.82 Å². The van der Waals surface area contributed by atoms with Gasteiger partial charge in [-0.25, -0.2) is 4.79 Å². The Balaban J connectivity index is 2.49. The van der Waals surface area contributed by atoms with Crippen molar-refractivity contribution in [1.29, 1.82) is 0 Å². The molecule has 1 N–H and O–H groups in total. The average molecular weight is 270 g/mol. The number of nitro groups is 1. The number of hydrogen-bond acceptors (Lipinski definition) is 6. The molecule has 104 valence electrons. The number of carboxylic acids is 1. The maximum atomic E-state index is 11.2. The quantitative estimate of drug-likeness (QED) is 0.604. The van der Waals surface area contributed by atoms with Crippen molar-refractivity contribution in [3.8, 4) is 0 Å². The highest BCUT2D eigenvalue weighted by atomic mass is 16.6. The third-order valence-corrected chi connectivity index (χ3v) is 3.13. The van der Waals surface area contributed by atoms with Gasteiger partial charge in [-0.15, -0.1) is 0 Å². The summed E-state index contributed by atoms with van der Waals surface area (Å²) in [6.45, 7) is 2.23. The van der Waals surface area contributed by atoms with Crippen LogP contribution in [0.25, 0.3) is 0 Å². The highest BCUT2D eigenvalue weighted by Gasteiger charge is 2.37. The molecule has 2 heterocycles. The number of anilines is 1. The first-order valence-corrected chi connectivity index (χ1v) is 5.68. The van der Waals surface area contributed by atoms with Gasteiger partial charge >= 0.3 is 11.8 Å². The lowest BCUT2D eigenvalue weighted by Crippen LogP contribution is -2.51. The molecule has 1 aliphatic rings. The average Bonchev–Trinajstić information content (AvgIpc) is 2.66. The predicted molar refractivity (Wildman–Crippen MR) is 64.2 cm³/mol. The molecule has 1 saturated heterocycles. The molecule has 0 aliphatic carbocycles. The fourth-order valence-electron chi connectivity index (χ4n) is 2.09. The van der Waals surface area contributed by atoms with E-state index >= 15 is 0 Å². The number of aliphatic carboxylic acids is 1. The lowest BCUT2D eigenvalue weighted by Gasteiger charge is -2.33. The van der Waals surface area contributed by atoms with Crippen LogP contribution in [-0.4, -0.2) is 51.4 Å². The summed E-state index contributed by atoms with van der Waals surface area (Å²) in [4.78, 5) is 27.0. The second kappa shape index (κ2) is 4.84. The lowest BCUT2D eigenvalue weighted by molar-refractivity contribution is -0.388. The molecule has 1 aromatic heterocycles. The molecule has 1 aromatic rings. The van der Waals surface area contributed by atoms with E-state index in [1.807, 2.05) is 0 Å². The van der Waals surface area contributed by atoms with Crippen molar-refractivity contribution in [2.24, 2.45) is 7.05 Å². The van der Waals surface area contributed by atoms with E-state index in [1.165, 1.54) is 9.47 Å².